The summed E-state index contributed by atoms with van der Waals surface area (Å²) in [6, 6.07) is 6.15. The van der Waals surface area contributed by atoms with Gasteiger partial charge in [0.05, 0.1) is 23.6 Å². The Hall–Kier alpha value is -1.66. The molecular weight excluding hydrogens is 274 g/mol. The number of fused-ring (bicyclic) bond motifs is 2. The van der Waals surface area contributed by atoms with Gasteiger partial charge in [-0.05, 0) is 23.9 Å². The van der Waals surface area contributed by atoms with Crippen LogP contribution in [0.1, 0.15) is 16.9 Å². The number of likely N-dealkylation sites (tertiary alicyclic amines) is 1. The third-order valence-electron chi connectivity index (χ3n) is 4.03. The first-order valence-corrected chi connectivity index (χ1v) is 7.61. The highest BCUT2D eigenvalue weighted by atomic mass is 32.1. The molecule has 2 saturated heterocycles. The van der Waals surface area contributed by atoms with E-state index in [1.54, 1.807) is 16.0 Å². The number of nitrogens with zero attached hydrogens (tertiary/aromatic N) is 3. The summed E-state index contributed by atoms with van der Waals surface area (Å²) in [5.74, 6) is 0.0682. The molecule has 104 valence electrons. The number of aromatic nitrogens is 2. The Kier molecular flexibility index (Phi) is 2.68. The van der Waals surface area contributed by atoms with Gasteiger partial charge in [0.2, 0.25) is 0 Å². The van der Waals surface area contributed by atoms with Crippen molar-refractivity contribution in [1.82, 2.24) is 14.7 Å². The third kappa shape index (κ3) is 1.79. The zero-order valence-corrected chi connectivity index (χ0v) is 12.0. The van der Waals surface area contributed by atoms with Crippen molar-refractivity contribution in [3.05, 3.63) is 29.3 Å². The predicted molar refractivity (Wildman–Crippen MR) is 75.7 cm³/mol. The van der Waals surface area contributed by atoms with Gasteiger partial charge in [-0.25, -0.2) is 0 Å². The molecular formula is C14H15N3O2S. The number of rotatable bonds is 2. The Labute approximate surface area is 120 Å². The maximum atomic E-state index is 12.7. The van der Waals surface area contributed by atoms with E-state index in [1.807, 2.05) is 35.5 Å². The van der Waals surface area contributed by atoms with E-state index >= 15 is 0 Å². The maximum absolute atomic E-state index is 12.7. The second kappa shape index (κ2) is 4.43. The van der Waals surface area contributed by atoms with E-state index in [9.17, 15) is 4.79 Å². The van der Waals surface area contributed by atoms with E-state index in [4.69, 9.17) is 4.74 Å². The summed E-state index contributed by atoms with van der Waals surface area (Å²) >= 11 is 1.63. The molecule has 2 aromatic rings. The van der Waals surface area contributed by atoms with Crippen molar-refractivity contribution in [1.29, 1.82) is 0 Å². The van der Waals surface area contributed by atoms with Crippen LogP contribution in [0.2, 0.25) is 0 Å². The molecule has 0 saturated carbocycles. The molecule has 2 aromatic heterocycles. The minimum absolute atomic E-state index is 0.0682. The van der Waals surface area contributed by atoms with Gasteiger partial charge < -0.3 is 9.64 Å². The number of amides is 1. The van der Waals surface area contributed by atoms with Gasteiger partial charge in [0, 0.05) is 13.6 Å². The van der Waals surface area contributed by atoms with Crippen LogP contribution in [0.3, 0.4) is 0 Å². The van der Waals surface area contributed by atoms with Crippen molar-refractivity contribution in [2.75, 3.05) is 13.2 Å². The van der Waals surface area contributed by atoms with Crippen LogP contribution in [-0.4, -0.2) is 45.9 Å². The molecule has 2 aliphatic heterocycles. The van der Waals surface area contributed by atoms with Crippen molar-refractivity contribution >= 4 is 17.2 Å². The molecule has 2 aliphatic rings. The molecule has 2 atom stereocenters. The second-order valence-corrected chi connectivity index (χ2v) is 6.27. The number of morpholine rings is 1. The maximum Gasteiger partial charge on any atom is 0.272 e. The van der Waals surface area contributed by atoms with E-state index in [1.165, 1.54) is 0 Å². The van der Waals surface area contributed by atoms with Crippen LogP contribution in [-0.2, 0) is 11.8 Å². The highest BCUT2D eigenvalue weighted by molar-refractivity contribution is 7.13. The molecule has 1 amide bonds. The topological polar surface area (TPSA) is 47.4 Å². The first-order chi connectivity index (χ1) is 9.72. The summed E-state index contributed by atoms with van der Waals surface area (Å²) in [6.07, 6.45) is 1.20. The number of hydrogen-bond acceptors (Lipinski definition) is 4. The lowest BCUT2D eigenvalue weighted by Crippen LogP contribution is -2.42. The summed E-state index contributed by atoms with van der Waals surface area (Å²) < 4.78 is 7.23. The fourth-order valence-electron chi connectivity index (χ4n) is 3.01. The minimum atomic E-state index is 0.0682. The van der Waals surface area contributed by atoms with Gasteiger partial charge >= 0.3 is 0 Å². The van der Waals surface area contributed by atoms with Crippen LogP contribution < -0.4 is 0 Å². The second-order valence-electron chi connectivity index (χ2n) is 5.32. The van der Waals surface area contributed by atoms with Crippen LogP contribution in [0.5, 0.6) is 0 Å². The lowest BCUT2D eigenvalue weighted by atomic mass is 10.2. The molecule has 0 radical (unpaired) electrons. The van der Waals surface area contributed by atoms with Crippen LogP contribution in [0.15, 0.2) is 23.6 Å². The number of hydrogen-bond donors (Lipinski definition) is 0. The highest BCUT2D eigenvalue weighted by Crippen LogP contribution is 2.30. The molecule has 6 heteroatoms. The lowest BCUT2D eigenvalue weighted by molar-refractivity contribution is 0.0252. The average molecular weight is 289 g/mol. The highest BCUT2D eigenvalue weighted by Gasteiger charge is 2.42. The van der Waals surface area contributed by atoms with Gasteiger partial charge in [-0.2, -0.15) is 5.10 Å². The minimum Gasteiger partial charge on any atom is -0.374 e. The lowest BCUT2D eigenvalue weighted by Gasteiger charge is -2.26. The van der Waals surface area contributed by atoms with Gasteiger partial charge in [-0.1, -0.05) is 6.07 Å². The van der Waals surface area contributed by atoms with Crippen molar-refractivity contribution < 1.29 is 9.53 Å². The number of thiophene rings is 1. The van der Waals surface area contributed by atoms with Crippen molar-refractivity contribution in [3.8, 4) is 10.6 Å². The SMILES string of the molecule is Cn1nc(-c2cccs2)cc1C(=O)N1CC2CC1CO2. The quantitative estimate of drug-likeness (QED) is 0.846. The zero-order valence-electron chi connectivity index (χ0n) is 11.2. The largest absolute Gasteiger partial charge is 0.374 e. The van der Waals surface area contributed by atoms with E-state index < -0.39 is 0 Å². The normalized spacial score (nSPS) is 24.6. The van der Waals surface area contributed by atoms with E-state index in [2.05, 4.69) is 5.10 Å². The summed E-state index contributed by atoms with van der Waals surface area (Å²) in [5, 5.41) is 6.47. The Bertz CT molecular complexity index is 649. The molecule has 0 aliphatic carbocycles. The van der Waals surface area contributed by atoms with Crippen molar-refractivity contribution in [2.24, 2.45) is 7.05 Å². The van der Waals surface area contributed by atoms with Gasteiger partial charge in [0.15, 0.2) is 0 Å². The molecule has 0 N–H and O–H groups in total. The first-order valence-electron chi connectivity index (χ1n) is 6.73. The number of aryl methyl sites for hydroxylation is 1. The molecule has 4 heterocycles. The van der Waals surface area contributed by atoms with Crippen LogP contribution in [0.25, 0.3) is 10.6 Å². The third-order valence-corrected chi connectivity index (χ3v) is 4.93. The van der Waals surface area contributed by atoms with Crippen LogP contribution >= 0.6 is 11.3 Å². The molecule has 0 spiro atoms. The molecule has 2 bridgehead atoms. The Balaban J connectivity index is 1.64. The van der Waals surface area contributed by atoms with Gasteiger partial charge in [-0.3, -0.25) is 9.48 Å². The number of ether oxygens (including phenoxy) is 1. The fraction of sp³-hybridized carbons (Fsp3) is 0.429. The summed E-state index contributed by atoms with van der Waals surface area (Å²) in [4.78, 5) is 15.7. The zero-order chi connectivity index (χ0) is 13.7. The predicted octanol–water partition coefficient (Wildman–Crippen LogP) is 1.76. The van der Waals surface area contributed by atoms with Crippen LogP contribution in [0.4, 0.5) is 0 Å². The van der Waals surface area contributed by atoms with Gasteiger partial charge in [-0.15, -0.1) is 11.3 Å². The first kappa shape index (κ1) is 12.1. The molecule has 4 rings (SSSR count). The monoisotopic (exact) mass is 289 g/mol. The number of carbonyl (C=O) groups is 1. The molecule has 0 aromatic carbocycles. The average Bonchev–Trinajstić information content (AvgIpc) is 3.21. The van der Waals surface area contributed by atoms with E-state index in [-0.39, 0.29) is 18.1 Å². The molecule has 20 heavy (non-hydrogen) atoms. The summed E-state index contributed by atoms with van der Waals surface area (Å²) in [7, 11) is 1.83. The standard InChI is InChI=1S/C14H15N3O2S/c1-16-12(6-11(15-16)13-3-2-4-20-13)14(18)17-7-10-5-9(17)8-19-10/h2-4,6,9-10H,5,7-8H2,1H3. The van der Waals surface area contributed by atoms with Crippen LogP contribution in [0, 0.1) is 0 Å². The Morgan fingerprint density at radius 1 is 1.55 bits per heavy atom. The van der Waals surface area contributed by atoms with Crippen molar-refractivity contribution in [2.45, 2.75) is 18.6 Å². The van der Waals surface area contributed by atoms with E-state index in [0.29, 0.717) is 18.8 Å². The molecule has 2 fully saturated rings. The number of carbonyl (C=O) groups excluding carboxylic acids is 1. The van der Waals surface area contributed by atoms with Gasteiger partial charge in [0.25, 0.3) is 5.91 Å². The summed E-state index contributed by atoms with van der Waals surface area (Å²) in [6.45, 7) is 1.38. The smallest absolute Gasteiger partial charge is 0.272 e. The van der Waals surface area contributed by atoms with Crippen molar-refractivity contribution in [3.63, 3.8) is 0 Å². The van der Waals surface area contributed by atoms with E-state index in [0.717, 1.165) is 17.0 Å². The Morgan fingerprint density at radius 3 is 3.10 bits per heavy atom. The fourth-order valence-corrected chi connectivity index (χ4v) is 3.69. The molecule has 5 nitrogen and oxygen atoms in total. The Morgan fingerprint density at radius 2 is 2.45 bits per heavy atom. The molecule has 2 unspecified atom stereocenters. The summed E-state index contributed by atoms with van der Waals surface area (Å²) in [5.41, 5.74) is 1.52. The van der Waals surface area contributed by atoms with Gasteiger partial charge in [0.1, 0.15) is 11.4 Å².